The first-order chi connectivity index (χ1) is 15.0. The van der Waals surface area contributed by atoms with E-state index in [9.17, 15) is 9.59 Å². The van der Waals surface area contributed by atoms with Crippen molar-refractivity contribution >= 4 is 50.8 Å². The number of methoxy groups -OCH3 is 2. The highest BCUT2D eigenvalue weighted by molar-refractivity contribution is 8.01. The molecule has 164 valence electrons. The molecule has 0 aliphatic carbocycles. The topological polar surface area (TPSA) is 89.6 Å². The molecule has 0 aliphatic heterocycles. The third-order valence-corrected chi connectivity index (χ3v) is 6.65. The second-order valence-electron chi connectivity index (χ2n) is 6.64. The number of thioether (sulfide) groups is 1. The number of carbonyl (C=O) groups excluding carboxylic acids is 2. The van der Waals surface area contributed by atoms with Crippen LogP contribution in [0.25, 0.3) is 10.2 Å². The third-order valence-electron chi connectivity index (χ3n) is 4.48. The Hall–Kier alpha value is -2.78. The van der Waals surface area contributed by atoms with Crippen LogP contribution in [0.15, 0.2) is 40.7 Å². The highest BCUT2D eigenvalue weighted by Gasteiger charge is 2.10. The predicted octanol–water partition coefficient (Wildman–Crippen LogP) is 4.11. The first-order valence-corrected chi connectivity index (χ1v) is 11.6. The van der Waals surface area contributed by atoms with Gasteiger partial charge in [-0.3, -0.25) is 9.59 Å². The third kappa shape index (κ3) is 6.35. The number of ether oxygens (including phenoxy) is 2. The second kappa shape index (κ2) is 11.0. The van der Waals surface area contributed by atoms with Crippen LogP contribution in [-0.4, -0.2) is 43.3 Å². The molecule has 3 aromatic rings. The van der Waals surface area contributed by atoms with Crippen molar-refractivity contribution in [3.8, 4) is 11.5 Å². The Morgan fingerprint density at radius 3 is 2.61 bits per heavy atom. The molecular formula is C22H25N3O4S2. The van der Waals surface area contributed by atoms with Crippen LogP contribution >= 0.6 is 23.1 Å². The van der Waals surface area contributed by atoms with Crippen LogP contribution < -0.4 is 20.1 Å². The zero-order valence-electron chi connectivity index (χ0n) is 17.7. The Labute approximate surface area is 189 Å². The molecule has 9 heteroatoms. The van der Waals surface area contributed by atoms with Crippen molar-refractivity contribution in [2.75, 3.05) is 31.8 Å². The van der Waals surface area contributed by atoms with E-state index in [-0.39, 0.29) is 11.8 Å². The van der Waals surface area contributed by atoms with Crippen LogP contribution in [0.4, 0.5) is 5.69 Å². The first kappa shape index (κ1) is 22.9. The molecule has 0 radical (unpaired) electrons. The SMILES string of the molecule is CCC(=O)Nc1ccc2nc(SCC(=O)NCCc3ccc(OC)c(OC)c3)sc2c1. The molecule has 0 atom stereocenters. The van der Waals surface area contributed by atoms with Gasteiger partial charge < -0.3 is 20.1 Å². The van der Waals surface area contributed by atoms with Crippen LogP contribution in [0.1, 0.15) is 18.9 Å². The lowest BCUT2D eigenvalue weighted by atomic mass is 10.1. The van der Waals surface area contributed by atoms with Crippen LogP contribution in [0.5, 0.6) is 11.5 Å². The molecule has 31 heavy (non-hydrogen) atoms. The van der Waals surface area contributed by atoms with Gasteiger partial charge in [0.15, 0.2) is 15.8 Å². The number of fused-ring (bicyclic) bond motifs is 1. The number of nitrogens with one attached hydrogen (secondary N) is 2. The van der Waals surface area contributed by atoms with Gasteiger partial charge in [-0.05, 0) is 42.3 Å². The lowest BCUT2D eigenvalue weighted by molar-refractivity contribution is -0.118. The van der Waals surface area contributed by atoms with Crippen LogP contribution in [0, 0.1) is 0 Å². The summed E-state index contributed by atoms with van der Waals surface area (Å²) in [5, 5.41) is 5.78. The van der Waals surface area contributed by atoms with E-state index in [1.807, 2.05) is 43.3 Å². The quantitative estimate of drug-likeness (QED) is 0.444. The minimum absolute atomic E-state index is 0.0248. The summed E-state index contributed by atoms with van der Waals surface area (Å²) in [6.45, 7) is 2.35. The molecule has 0 bridgehead atoms. The number of aromatic nitrogens is 1. The van der Waals surface area contributed by atoms with Crippen molar-refractivity contribution in [1.29, 1.82) is 0 Å². The Morgan fingerprint density at radius 1 is 1.06 bits per heavy atom. The molecule has 1 aromatic heterocycles. The lowest BCUT2D eigenvalue weighted by Gasteiger charge is -2.10. The number of benzene rings is 2. The molecule has 3 rings (SSSR count). The largest absolute Gasteiger partial charge is 0.493 e. The van der Waals surface area contributed by atoms with E-state index in [1.165, 1.54) is 23.1 Å². The summed E-state index contributed by atoms with van der Waals surface area (Å²) in [7, 11) is 3.20. The molecule has 2 amide bonds. The van der Waals surface area contributed by atoms with Gasteiger partial charge in [-0.25, -0.2) is 4.98 Å². The van der Waals surface area contributed by atoms with Crippen molar-refractivity contribution < 1.29 is 19.1 Å². The molecule has 0 aliphatic rings. The van der Waals surface area contributed by atoms with Crippen LogP contribution in [0.3, 0.4) is 0 Å². The molecule has 1 heterocycles. The van der Waals surface area contributed by atoms with Gasteiger partial charge in [0, 0.05) is 18.7 Å². The van der Waals surface area contributed by atoms with Gasteiger partial charge in [-0.15, -0.1) is 11.3 Å². The summed E-state index contributed by atoms with van der Waals surface area (Å²) in [5.41, 5.74) is 2.67. The molecule has 0 saturated carbocycles. The number of amides is 2. The maximum atomic E-state index is 12.2. The molecule has 0 saturated heterocycles. The minimum atomic E-state index is -0.0411. The van der Waals surface area contributed by atoms with Gasteiger partial charge in [0.05, 0.1) is 30.2 Å². The molecule has 2 aromatic carbocycles. The Bertz CT molecular complexity index is 1070. The fourth-order valence-electron chi connectivity index (χ4n) is 2.85. The van der Waals surface area contributed by atoms with Crippen LogP contribution in [-0.2, 0) is 16.0 Å². The van der Waals surface area contributed by atoms with Crippen molar-refractivity contribution in [2.45, 2.75) is 24.1 Å². The van der Waals surface area contributed by atoms with E-state index < -0.39 is 0 Å². The zero-order chi connectivity index (χ0) is 22.2. The highest BCUT2D eigenvalue weighted by atomic mass is 32.2. The minimum Gasteiger partial charge on any atom is -0.493 e. The second-order valence-corrected chi connectivity index (χ2v) is 8.90. The smallest absolute Gasteiger partial charge is 0.230 e. The van der Waals surface area contributed by atoms with E-state index in [2.05, 4.69) is 15.6 Å². The molecule has 7 nitrogen and oxygen atoms in total. The predicted molar refractivity (Wildman–Crippen MR) is 126 cm³/mol. The summed E-state index contributed by atoms with van der Waals surface area (Å²) in [6, 6.07) is 11.4. The van der Waals surface area contributed by atoms with E-state index in [4.69, 9.17) is 9.47 Å². The number of anilines is 1. The van der Waals surface area contributed by atoms with Gasteiger partial charge in [0.2, 0.25) is 11.8 Å². The van der Waals surface area contributed by atoms with Gasteiger partial charge in [0.1, 0.15) is 0 Å². The van der Waals surface area contributed by atoms with Crippen molar-refractivity contribution in [3.05, 3.63) is 42.0 Å². The Kier molecular flexibility index (Phi) is 8.13. The average molecular weight is 460 g/mol. The van der Waals surface area contributed by atoms with Crippen molar-refractivity contribution in [3.63, 3.8) is 0 Å². The molecular weight excluding hydrogens is 434 g/mol. The van der Waals surface area contributed by atoms with Gasteiger partial charge in [0.25, 0.3) is 0 Å². The van der Waals surface area contributed by atoms with E-state index in [1.54, 1.807) is 14.2 Å². The summed E-state index contributed by atoms with van der Waals surface area (Å²) in [6.07, 6.45) is 1.13. The van der Waals surface area contributed by atoms with E-state index in [0.29, 0.717) is 36.6 Å². The number of rotatable bonds is 10. The average Bonchev–Trinajstić information content (AvgIpc) is 3.19. The van der Waals surface area contributed by atoms with Gasteiger partial charge in [-0.1, -0.05) is 24.8 Å². The van der Waals surface area contributed by atoms with E-state index >= 15 is 0 Å². The number of thiazole rings is 1. The first-order valence-electron chi connectivity index (χ1n) is 9.83. The molecule has 0 fully saturated rings. The van der Waals surface area contributed by atoms with Crippen molar-refractivity contribution in [1.82, 2.24) is 10.3 Å². The normalized spacial score (nSPS) is 10.7. The van der Waals surface area contributed by atoms with Crippen LogP contribution in [0.2, 0.25) is 0 Å². The zero-order valence-corrected chi connectivity index (χ0v) is 19.3. The molecule has 2 N–H and O–H groups in total. The lowest BCUT2D eigenvalue weighted by Crippen LogP contribution is -2.27. The fraction of sp³-hybridized carbons (Fsp3) is 0.318. The summed E-state index contributed by atoms with van der Waals surface area (Å²) in [5.74, 6) is 1.59. The Balaban J connectivity index is 1.48. The summed E-state index contributed by atoms with van der Waals surface area (Å²) < 4.78 is 12.3. The number of nitrogens with zero attached hydrogens (tertiary/aromatic N) is 1. The van der Waals surface area contributed by atoms with Crippen molar-refractivity contribution in [2.24, 2.45) is 0 Å². The summed E-state index contributed by atoms with van der Waals surface area (Å²) >= 11 is 2.92. The Morgan fingerprint density at radius 2 is 1.87 bits per heavy atom. The summed E-state index contributed by atoms with van der Waals surface area (Å²) in [4.78, 5) is 28.3. The standard InChI is InChI=1S/C22H25N3O4S2/c1-4-20(26)24-15-6-7-16-19(12-15)31-22(25-16)30-13-21(27)23-10-9-14-5-8-17(28-2)18(11-14)29-3/h5-8,11-12H,4,9-10,13H2,1-3H3,(H,23,27)(H,24,26). The molecule has 0 spiro atoms. The van der Waals surface area contributed by atoms with E-state index in [0.717, 1.165) is 25.8 Å². The van der Waals surface area contributed by atoms with Gasteiger partial charge >= 0.3 is 0 Å². The number of carbonyl (C=O) groups is 2. The monoisotopic (exact) mass is 459 g/mol. The number of hydrogen-bond acceptors (Lipinski definition) is 7. The fourth-order valence-corrected chi connectivity index (χ4v) is 4.79. The molecule has 0 unspecified atom stereocenters. The highest BCUT2D eigenvalue weighted by Crippen LogP contribution is 2.31. The number of hydrogen-bond donors (Lipinski definition) is 2. The maximum absolute atomic E-state index is 12.2. The maximum Gasteiger partial charge on any atom is 0.230 e. The van der Waals surface area contributed by atoms with Gasteiger partial charge in [-0.2, -0.15) is 0 Å².